The van der Waals surface area contributed by atoms with Gasteiger partial charge in [0.25, 0.3) is 0 Å². The number of benzene rings is 2. The van der Waals surface area contributed by atoms with Crippen LogP contribution in [0.25, 0.3) is 11.1 Å². The minimum atomic E-state index is -0.950. The summed E-state index contributed by atoms with van der Waals surface area (Å²) < 4.78 is 0. The number of carboxylic acid groups (broad SMARTS) is 1. The van der Waals surface area contributed by atoms with Crippen molar-refractivity contribution < 1.29 is 9.90 Å². The van der Waals surface area contributed by atoms with Gasteiger partial charge >= 0.3 is 5.97 Å². The van der Waals surface area contributed by atoms with Gasteiger partial charge in [-0.05, 0) is 42.2 Å². The van der Waals surface area contributed by atoms with Crippen LogP contribution in [-0.4, -0.2) is 17.3 Å². The van der Waals surface area contributed by atoms with Crippen LogP contribution in [0.1, 0.15) is 10.4 Å². The van der Waals surface area contributed by atoms with Crippen molar-refractivity contribution in [3.8, 4) is 11.1 Å². The molecule has 0 atom stereocenters. The van der Waals surface area contributed by atoms with Crippen molar-refractivity contribution in [1.29, 1.82) is 0 Å². The zero-order valence-corrected chi connectivity index (χ0v) is 11.3. The molecule has 0 aliphatic carbocycles. The van der Waals surface area contributed by atoms with Gasteiger partial charge in [0.05, 0.1) is 5.56 Å². The van der Waals surface area contributed by atoms with Gasteiger partial charge in [-0.3, -0.25) is 0 Å². The maximum absolute atomic E-state index is 10.9. The Hall–Kier alpha value is -1.45. The second-order valence-corrected chi connectivity index (χ2v) is 5.02. The summed E-state index contributed by atoms with van der Waals surface area (Å²) in [7, 11) is 0. The minimum Gasteiger partial charge on any atom is -0.478 e. The van der Waals surface area contributed by atoms with E-state index < -0.39 is 5.97 Å². The van der Waals surface area contributed by atoms with E-state index in [1.165, 1.54) is 6.07 Å². The summed E-state index contributed by atoms with van der Waals surface area (Å²) in [5, 5.41) is 9.54. The molecule has 0 saturated heterocycles. The van der Waals surface area contributed by atoms with Crippen LogP contribution in [0.5, 0.6) is 0 Å². The first-order chi connectivity index (χ1) is 8.61. The summed E-state index contributed by atoms with van der Waals surface area (Å²) in [6.07, 6.45) is 2.01. The summed E-state index contributed by atoms with van der Waals surface area (Å²) in [5.74, 6) is -0.950. The second-order valence-electron chi connectivity index (χ2n) is 3.73. The number of thioether (sulfide) groups is 1. The second kappa shape index (κ2) is 5.46. The topological polar surface area (TPSA) is 37.3 Å². The first-order valence-electron chi connectivity index (χ1n) is 5.29. The molecule has 2 aromatic rings. The van der Waals surface area contributed by atoms with Gasteiger partial charge in [0, 0.05) is 15.5 Å². The third-order valence-electron chi connectivity index (χ3n) is 2.61. The fourth-order valence-corrected chi connectivity index (χ4v) is 2.29. The molecule has 2 nitrogen and oxygen atoms in total. The van der Waals surface area contributed by atoms with E-state index in [0.717, 1.165) is 16.0 Å². The normalized spacial score (nSPS) is 10.3. The van der Waals surface area contributed by atoms with Crippen molar-refractivity contribution in [2.24, 2.45) is 0 Å². The molecule has 2 rings (SSSR count). The Kier molecular flexibility index (Phi) is 3.94. The maximum Gasteiger partial charge on any atom is 0.335 e. The van der Waals surface area contributed by atoms with Crippen molar-refractivity contribution in [3.63, 3.8) is 0 Å². The molecule has 0 radical (unpaired) electrons. The zero-order chi connectivity index (χ0) is 13.1. The Morgan fingerprint density at radius 2 is 1.83 bits per heavy atom. The average molecular weight is 279 g/mol. The van der Waals surface area contributed by atoms with Crippen LogP contribution in [-0.2, 0) is 0 Å². The predicted molar refractivity (Wildman–Crippen MR) is 75.6 cm³/mol. The van der Waals surface area contributed by atoms with E-state index >= 15 is 0 Å². The Morgan fingerprint density at radius 3 is 2.39 bits per heavy atom. The van der Waals surface area contributed by atoms with Crippen LogP contribution in [0.2, 0.25) is 5.02 Å². The highest BCUT2D eigenvalue weighted by Crippen LogP contribution is 2.30. The molecule has 0 bridgehead atoms. The molecule has 0 unspecified atom stereocenters. The number of rotatable bonds is 3. The third kappa shape index (κ3) is 2.68. The van der Waals surface area contributed by atoms with Crippen molar-refractivity contribution in [2.45, 2.75) is 4.90 Å². The number of hydrogen-bond donors (Lipinski definition) is 1. The Labute approximate surface area is 115 Å². The molecule has 0 aliphatic rings. The molecule has 0 aromatic heterocycles. The Bertz CT molecular complexity index is 579. The number of carboxylic acids is 1. The standard InChI is InChI=1S/C14H11ClO2S/c1-18-11-5-2-9(3-6-11)12-8-10(14(16)17)4-7-13(12)15/h2-8H,1H3,(H,16,17). The van der Waals surface area contributed by atoms with E-state index in [2.05, 4.69) is 0 Å². The molecule has 4 heteroatoms. The molecular formula is C14H11ClO2S. The average Bonchev–Trinajstić information content (AvgIpc) is 2.39. The highest BCUT2D eigenvalue weighted by atomic mass is 35.5. The lowest BCUT2D eigenvalue weighted by molar-refractivity contribution is 0.0697. The maximum atomic E-state index is 10.9. The lowest BCUT2D eigenvalue weighted by atomic mass is 10.0. The lowest BCUT2D eigenvalue weighted by Crippen LogP contribution is -1.96. The molecule has 0 fully saturated rings. The minimum absolute atomic E-state index is 0.239. The van der Waals surface area contributed by atoms with Gasteiger partial charge in [0.15, 0.2) is 0 Å². The van der Waals surface area contributed by atoms with Crippen molar-refractivity contribution in [1.82, 2.24) is 0 Å². The number of hydrogen-bond acceptors (Lipinski definition) is 2. The molecule has 0 spiro atoms. The lowest BCUT2D eigenvalue weighted by Gasteiger charge is -2.06. The Morgan fingerprint density at radius 1 is 1.17 bits per heavy atom. The molecule has 0 amide bonds. The largest absolute Gasteiger partial charge is 0.478 e. The van der Waals surface area contributed by atoms with Gasteiger partial charge in [0.2, 0.25) is 0 Å². The summed E-state index contributed by atoms with van der Waals surface area (Å²) in [4.78, 5) is 12.1. The van der Waals surface area contributed by atoms with Gasteiger partial charge in [-0.2, -0.15) is 0 Å². The van der Waals surface area contributed by atoms with Crippen molar-refractivity contribution >= 4 is 29.3 Å². The van der Waals surface area contributed by atoms with Crippen LogP contribution < -0.4 is 0 Å². The van der Waals surface area contributed by atoms with Gasteiger partial charge in [-0.25, -0.2) is 4.79 Å². The Balaban J connectivity index is 2.48. The number of halogens is 1. The zero-order valence-electron chi connectivity index (χ0n) is 9.68. The summed E-state index contributed by atoms with van der Waals surface area (Å²) in [5.41, 5.74) is 1.90. The fourth-order valence-electron chi connectivity index (χ4n) is 1.65. The molecule has 0 aliphatic heterocycles. The van der Waals surface area contributed by atoms with Gasteiger partial charge in [-0.1, -0.05) is 23.7 Å². The van der Waals surface area contributed by atoms with Crippen LogP contribution in [0.15, 0.2) is 47.4 Å². The van der Waals surface area contributed by atoms with Crippen molar-refractivity contribution in [3.05, 3.63) is 53.1 Å². The van der Waals surface area contributed by atoms with E-state index in [-0.39, 0.29) is 5.56 Å². The highest BCUT2D eigenvalue weighted by molar-refractivity contribution is 7.98. The fraction of sp³-hybridized carbons (Fsp3) is 0.0714. The van der Waals surface area contributed by atoms with Gasteiger partial charge in [-0.15, -0.1) is 11.8 Å². The molecule has 1 N–H and O–H groups in total. The smallest absolute Gasteiger partial charge is 0.335 e. The first-order valence-corrected chi connectivity index (χ1v) is 6.89. The number of aromatic carboxylic acids is 1. The van der Waals surface area contributed by atoms with Crippen LogP contribution >= 0.6 is 23.4 Å². The third-order valence-corrected chi connectivity index (χ3v) is 3.69. The van der Waals surface area contributed by atoms with E-state index in [4.69, 9.17) is 16.7 Å². The predicted octanol–water partition coefficient (Wildman–Crippen LogP) is 4.43. The highest BCUT2D eigenvalue weighted by Gasteiger charge is 2.08. The summed E-state index contributed by atoms with van der Waals surface area (Å²) in [6, 6.07) is 12.6. The van der Waals surface area contributed by atoms with Crippen LogP contribution in [0.4, 0.5) is 0 Å². The monoisotopic (exact) mass is 278 g/mol. The molecule has 0 saturated carbocycles. The molecule has 2 aromatic carbocycles. The summed E-state index contributed by atoms with van der Waals surface area (Å²) >= 11 is 7.77. The molecule has 0 heterocycles. The SMILES string of the molecule is CSc1ccc(-c2cc(C(=O)O)ccc2Cl)cc1. The van der Waals surface area contributed by atoms with E-state index in [9.17, 15) is 4.79 Å². The van der Waals surface area contributed by atoms with Gasteiger partial charge in [0.1, 0.15) is 0 Å². The molecule has 18 heavy (non-hydrogen) atoms. The quantitative estimate of drug-likeness (QED) is 0.844. The molecule has 92 valence electrons. The van der Waals surface area contributed by atoms with E-state index in [0.29, 0.717) is 5.02 Å². The molecular weight excluding hydrogens is 268 g/mol. The van der Waals surface area contributed by atoms with Gasteiger partial charge < -0.3 is 5.11 Å². The van der Waals surface area contributed by atoms with Crippen LogP contribution in [0, 0.1) is 0 Å². The van der Waals surface area contributed by atoms with E-state index in [1.54, 1.807) is 23.9 Å². The van der Waals surface area contributed by atoms with E-state index in [1.807, 2.05) is 30.5 Å². The number of carbonyl (C=O) groups is 1. The van der Waals surface area contributed by atoms with Crippen LogP contribution in [0.3, 0.4) is 0 Å². The first kappa shape index (κ1) is 13.0. The van der Waals surface area contributed by atoms with Crippen molar-refractivity contribution in [2.75, 3.05) is 6.26 Å². The summed E-state index contributed by atoms with van der Waals surface area (Å²) in [6.45, 7) is 0.